The highest BCUT2D eigenvalue weighted by Crippen LogP contribution is 2.24. The fraction of sp³-hybridized carbons (Fsp3) is 0.143. The number of nitrogens with zero attached hydrogens (tertiary/aromatic N) is 1. The summed E-state index contributed by atoms with van der Waals surface area (Å²) >= 11 is 11.8. The van der Waals surface area contributed by atoms with Crippen molar-refractivity contribution in [1.29, 1.82) is 0 Å². The van der Waals surface area contributed by atoms with Gasteiger partial charge in [0.05, 0.1) is 17.2 Å². The summed E-state index contributed by atoms with van der Waals surface area (Å²) < 4.78 is 5.12. The second-order valence-electron chi connectivity index (χ2n) is 3.90. The smallest absolute Gasteiger partial charge is 0.189 e. The molecule has 0 radical (unpaired) electrons. The van der Waals surface area contributed by atoms with E-state index in [4.69, 9.17) is 27.9 Å². The van der Waals surface area contributed by atoms with E-state index in [9.17, 15) is 4.79 Å². The first-order valence-electron chi connectivity index (χ1n) is 5.58. The van der Waals surface area contributed by atoms with Crippen molar-refractivity contribution in [2.24, 2.45) is 0 Å². The summed E-state index contributed by atoms with van der Waals surface area (Å²) in [6.45, 7) is 0. The molecule has 1 aromatic carbocycles. The number of pyridine rings is 1. The van der Waals surface area contributed by atoms with E-state index in [0.29, 0.717) is 21.5 Å². The molecule has 2 rings (SSSR count). The summed E-state index contributed by atoms with van der Waals surface area (Å²) in [6, 6.07) is 8.53. The molecule has 5 heteroatoms. The fourth-order valence-electron chi connectivity index (χ4n) is 1.68. The number of ketones is 1. The molecular formula is C14H11Cl2NO2. The Bertz CT molecular complexity index is 614. The van der Waals surface area contributed by atoms with Gasteiger partial charge in [0, 0.05) is 12.6 Å². The van der Waals surface area contributed by atoms with Crippen molar-refractivity contribution >= 4 is 29.0 Å². The molecular weight excluding hydrogens is 285 g/mol. The number of hydrogen-bond acceptors (Lipinski definition) is 3. The number of benzene rings is 1. The Balaban J connectivity index is 2.23. The lowest BCUT2D eigenvalue weighted by molar-refractivity contribution is 0.0985. The van der Waals surface area contributed by atoms with E-state index in [1.54, 1.807) is 36.5 Å². The first-order chi connectivity index (χ1) is 9.11. The summed E-state index contributed by atoms with van der Waals surface area (Å²) in [5, 5.41) is 0.897. The van der Waals surface area contributed by atoms with Crippen LogP contribution in [-0.2, 0) is 6.42 Å². The maximum Gasteiger partial charge on any atom is 0.189 e. The molecule has 0 aliphatic rings. The quantitative estimate of drug-likeness (QED) is 0.805. The van der Waals surface area contributed by atoms with Crippen LogP contribution < -0.4 is 4.74 Å². The highest BCUT2D eigenvalue weighted by Gasteiger charge is 2.14. The third kappa shape index (κ3) is 3.25. The highest BCUT2D eigenvalue weighted by atomic mass is 35.5. The number of aromatic nitrogens is 1. The number of carbonyl (C=O) groups is 1. The third-order valence-electron chi connectivity index (χ3n) is 2.60. The Labute approximate surface area is 121 Å². The van der Waals surface area contributed by atoms with Gasteiger partial charge in [0.1, 0.15) is 11.4 Å². The van der Waals surface area contributed by atoms with E-state index in [-0.39, 0.29) is 12.2 Å². The van der Waals surface area contributed by atoms with Crippen molar-refractivity contribution in [3.05, 3.63) is 57.8 Å². The highest BCUT2D eigenvalue weighted by molar-refractivity contribution is 6.42. The summed E-state index contributed by atoms with van der Waals surface area (Å²) in [4.78, 5) is 16.2. The standard InChI is InChI=1S/C14H11Cl2NO2/c1-19-13-3-2-6-17-14(13)12(18)8-9-4-5-10(15)11(16)7-9/h2-7H,8H2,1H3. The van der Waals surface area contributed by atoms with E-state index in [2.05, 4.69) is 4.98 Å². The zero-order valence-electron chi connectivity index (χ0n) is 10.2. The van der Waals surface area contributed by atoms with Crippen molar-refractivity contribution < 1.29 is 9.53 Å². The van der Waals surface area contributed by atoms with Gasteiger partial charge in [0.2, 0.25) is 0 Å². The summed E-state index contributed by atoms with van der Waals surface area (Å²) in [6.07, 6.45) is 1.76. The second-order valence-corrected chi connectivity index (χ2v) is 4.72. The van der Waals surface area contributed by atoms with Crippen LogP contribution in [0.25, 0.3) is 0 Å². The molecule has 0 saturated heterocycles. The maximum absolute atomic E-state index is 12.2. The topological polar surface area (TPSA) is 39.2 Å². The minimum atomic E-state index is -0.129. The van der Waals surface area contributed by atoms with Crippen LogP contribution in [0.4, 0.5) is 0 Å². The summed E-state index contributed by atoms with van der Waals surface area (Å²) in [5.41, 5.74) is 1.10. The predicted molar refractivity (Wildman–Crippen MR) is 75.3 cm³/mol. The van der Waals surface area contributed by atoms with Crippen LogP contribution in [0.5, 0.6) is 5.75 Å². The Kier molecular flexibility index (Phi) is 4.40. The average Bonchev–Trinajstić information content (AvgIpc) is 2.43. The van der Waals surface area contributed by atoms with Crippen LogP contribution >= 0.6 is 23.2 Å². The Morgan fingerprint density at radius 2 is 2.05 bits per heavy atom. The van der Waals surface area contributed by atoms with Crippen molar-refractivity contribution in [1.82, 2.24) is 4.98 Å². The van der Waals surface area contributed by atoms with Crippen LogP contribution in [-0.4, -0.2) is 17.9 Å². The first-order valence-corrected chi connectivity index (χ1v) is 6.33. The number of rotatable bonds is 4. The van der Waals surface area contributed by atoms with Gasteiger partial charge in [-0.3, -0.25) is 4.79 Å². The van der Waals surface area contributed by atoms with E-state index in [0.717, 1.165) is 5.56 Å². The molecule has 0 aliphatic carbocycles. The fourth-order valence-corrected chi connectivity index (χ4v) is 2.00. The first kappa shape index (κ1) is 13.8. The molecule has 0 unspecified atom stereocenters. The number of Topliss-reactive ketones (excluding diaryl/α,β-unsaturated/α-hetero) is 1. The van der Waals surface area contributed by atoms with E-state index in [1.165, 1.54) is 7.11 Å². The Morgan fingerprint density at radius 3 is 2.74 bits per heavy atom. The number of carbonyl (C=O) groups excluding carboxylic acids is 1. The summed E-state index contributed by atoms with van der Waals surface area (Å²) in [7, 11) is 1.51. The molecule has 1 aromatic heterocycles. The van der Waals surface area contributed by atoms with Gasteiger partial charge < -0.3 is 4.74 Å². The van der Waals surface area contributed by atoms with Gasteiger partial charge in [0.25, 0.3) is 0 Å². The van der Waals surface area contributed by atoms with E-state index < -0.39 is 0 Å². The van der Waals surface area contributed by atoms with Gasteiger partial charge in [-0.05, 0) is 29.8 Å². The molecule has 0 fully saturated rings. The lowest BCUT2D eigenvalue weighted by Crippen LogP contribution is -2.08. The van der Waals surface area contributed by atoms with Crippen molar-refractivity contribution in [2.45, 2.75) is 6.42 Å². The van der Waals surface area contributed by atoms with Crippen LogP contribution in [0.2, 0.25) is 10.0 Å². The van der Waals surface area contributed by atoms with Gasteiger partial charge in [-0.15, -0.1) is 0 Å². The Hall–Kier alpha value is -1.58. The average molecular weight is 296 g/mol. The molecule has 1 heterocycles. The molecule has 0 saturated carbocycles. The van der Waals surface area contributed by atoms with Crippen molar-refractivity contribution in [3.8, 4) is 5.75 Å². The minimum absolute atomic E-state index is 0.129. The molecule has 19 heavy (non-hydrogen) atoms. The lowest BCUT2D eigenvalue weighted by atomic mass is 10.1. The number of methoxy groups -OCH3 is 1. The van der Waals surface area contributed by atoms with E-state index >= 15 is 0 Å². The van der Waals surface area contributed by atoms with Crippen molar-refractivity contribution in [3.63, 3.8) is 0 Å². The molecule has 98 valence electrons. The monoisotopic (exact) mass is 295 g/mol. The molecule has 0 amide bonds. The molecule has 0 N–H and O–H groups in total. The molecule has 0 bridgehead atoms. The number of hydrogen-bond donors (Lipinski definition) is 0. The number of ether oxygens (including phenoxy) is 1. The molecule has 0 aliphatic heterocycles. The van der Waals surface area contributed by atoms with Crippen molar-refractivity contribution in [2.75, 3.05) is 7.11 Å². The second kappa shape index (κ2) is 6.04. The van der Waals surface area contributed by atoms with Gasteiger partial charge in [-0.25, -0.2) is 4.98 Å². The van der Waals surface area contributed by atoms with Gasteiger partial charge in [0.15, 0.2) is 5.78 Å². The van der Waals surface area contributed by atoms with Crippen LogP contribution in [0.15, 0.2) is 36.5 Å². The van der Waals surface area contributed by atoms with E-state index in [1.807, 2.05) is 0 Å². The Morgan fingerprint density at radius 1 is 1.26 bits per heavy atom. The molecule has 2 aromatic rings. The largest absolute Gasteiger partial charge is 0.494 e. The molecule has 3 nitrogen and oxygen atoms in total. The normalized spacial score (nSPS) is 10.3. The van der Waals surface area contributed by atoms with Gasteiger partial charge in [-0.2, -0.15) is 0 Å². The predicted octanol–water partition coefficient (Wildman–Crippen LogP) is 3.82. The number of halogens is 2. The van der Waals surface area contributed by atoms with Crippen LogP contribution in [0.3, 0.4) is 0 Å². The van der Waals surface area contributed by atoms with Crippen LogP contribution in [0.1, 0.15) is 16.1 Å². The van der Waals surface area contributed by atoms with Gasteiger partial charge in [-0.1, -0.05) is 29.3 Å². The van der Waals surface area contributed by atoms with Gasteiger partial charge >= 0.3 is 0 Å². The molecule has 0 spiro atoms. The maximum atomic E-state index is 12.2. The zero-order valence-corrected chi connectivity index (χ0v) is 11.7. The SMILES string of the molecule is COc1cccnc1C(=O)Cc1ccc(Cl)c(Cl)c1. The van der Waals surface area contributed by atoms with Crippen LogP contribution in [0, 0.1) is 0 Å². The third-order valence-corrected chi connectivity index (χ3v) is 3.34. The summed E-state index contributed by atoms with van der Waals surface area (Å²) in [5.74, 6) is 0.336. The zero-order chi connectivity index (χ0) is 13.8. The molecule has 0 atom stereocenters. The lowest BCUT2D eigenvalue weighted by Gasteiger charge is -2.06. The minimum Gasteiger partial charge on any atom is -0.494 e.